The summed E-state index contributed by atoms with van der Waals surface area (Å²) in [5.41, 5.74) is 0. The average molecular weight is 410 g/mol. The molecule has 2 N–H and O–H groups in total. The summed E-state index contributed by atoms with van der Waals surface area (Å²) >= 11 is 0. The third-order valence-electron chi connectivity index (χ3n) is 4.45. The standard InChI is InChI=1S/C19H41N2O5P/c1-6-8-12-18(7-2)17-20-19(22)13-10-9-11-15-25-27(23,24)26-16-14-21(3,4)5/h18H,6-17H2,1-5H3,(H-,20,22,23,24)/p+1. The maximum absolute atomic E-state index is 11.9. The van der Waals surface area contributed by atoms with Crippen LogP contribution in [0, 0.1) is 5.92 Å². The Morgan fingerprint density at radius 3 is 2.33 bits per heavy atom. The summed E-state index contributed by atoms with van der Waals surface area (Å²) < 4.78 is 22.3. The third kappa shape index (κ3) is 17.4. The Hall–Kier alpha value is -0.460. The Bertz CT molecular complexity index is 440. The van der Waals surface area contributed by atoms with Crippen molar-refractivity contribution in [3.05, 3.63) is 0 Å². The first kappa shape index (κ1) is 26.5. The van der Waals surface area contributed by atoms with Crippen molar-refractivity contribution in [3.63, 3.8) is 0 Å². The molecule has 0 saturated carbocycles. The van der Waals surface area contributed by atoms with Gasteiger partial charge in [-0.25, -0.2) is 4.57 Å². The Labute approximate surface area is 166 Å². The molecular weight excluding hydrogens is 367 g/mol. The van der Waals surface area contributed by atoms with Gasteiger partial charge in [-0.15, -0.1) is 0 Å². The Balaban J connectivity index is 3.72. The molecule has 27 heavy (non-hydrogen) atoms. The summed E-state index contributed by atoms with van der Waals surface area (Å²) in [6.07, 6.45) is 7.30. The highest BCUT2D eigenvalue weighted by atomic mass is 31.2. The molecule has 7 nitrogen and oxygen atoms in total. The molecule has 0 aromatic heterocycles. The number of amides is 1. The van der Waals surface area contributed by atoms with Gasteiger partial charge in [0.1, 0.15) is 13.2 Å². The van der Waals surface area contributed by atoms with Crippen LogP contribution in [0.2, 0.25) is 0 Å². The van der Waals surface area contributed by atoms with Gasteiger partial charge >= 0.3 is 7.82 Å². The molecule has 162 valence electrons. The van der Waals surface area contributed by atoms with Crippen LogP contribution in [0.4, 0.5) is 0 Å². The van der Waals surface area contributed by atoms with E-state index in [4.69, 9.17) is 9.05 Å². The molecule has 0 spiro atoms. The fourth-order valence-corrected chi connectivity index (χ4v) is 3.25. The lowest BCUT2D eigenvalue weighted by molar-refractivity contribution is -0.870. The fourth-order valence-electron chi connectivity index (χ4n) is 2.50. The average Bonchev–Trinajstić information content (AvgIpc) is 2.56. The molecular formula is C19H42N2O5P+. The number of likely N-dealkylation sites (N-methyl/N-ethyl adjacent to an activating group) is 1. The molecule has 0 saturated heterocycles. The summed E-state index contributed by atoms with van der Waals surface area (Å²) in [6.45, 7) is 6.07. The highest BCUT2D eigenvalue weighted by Crippen LogP contribution is 2.43. The fraction of sp³-hybridized carbons (Fsp3) is 0.947. The van der Waals surface area contributed by atoms with E-state index in [0.29, 0.717) is 29.8 Å². The number of rotatable bonds is 17. The molecule has 2 unspecified atom stereocenters. The van der Waals surface area contributed by atoms with Gasteiger partial charge in [-0.3, -0.25) is 13.8 Å². The number of hydrogen-bond acceptors (Lipinski definition) is 4. The molecule has 0 rings (SSSR count). The van der Waals surface area contributed by atoms with Crippen molar-refractivity contribution in [3.8, 4) is 0 Å². The van der Waals surface area contributed by atoms with Crippen molar-refractivity contribution in [1.82, 2.24) is 5.32 Å². The van der Waals surface area contributed by atoms with Crippen LogP contribution in [-0.4, -0.2) is 62.7 Å². The van der Waals surface area contributed by atoms with Crippen LogP contribution in [0.25, 0.3) is 0 Å². The summed E-state index contributed by atoms with van der Waals surface area (Å²) in [4.78, 5) is 21.5. The summed E-state index contributed by atoms with van der Waals surface area (Å²) in [5, 5.41) is 3.02. The van der Waals surface area contributed by atoms with Crippen molar-refractivity contribution < 1.29 is 27.8 Å². The maximum atomic E-state index is 11.9. The lowest BCUT2D eigenvalue weighted by Crippen LogP contribution is -2.37. The number of hydrogen-bond donors (Lipinski definition) is 2. The van der Waals surface area contributed by atoms with Crippen LogP contribution in [0.1, 0.15) is 65.2 Å². The molecule has 0 heterocycles. The monoisotopic (exact) mass is 409 g/mol. The number of unbranched alkanes of at least 4 members (excludes halogenated alkanes) is 3. The van der Waals surface area contributed by atoms with Crippen molar-refractivity contribution >= 4 is 13.7 Å². The molecule has 0 aliphatic rings. The van der Waals surface area contributed by atoms with Gasteiger partial charge in [-0.1, -0.05) is 39.5 Å². The van der Waals surface area contributed by atoms with Crippen LogP contribution in [0.3, 0.4) is 0 Å². The zero-order valence-corrected chi connectivity index (χ0v) is 18.9. The molecule has 0 aromatic carbocycles. The second-order valence-corrected chi connectivity index (χ2v) is 9.63. The normalized spacial score (nSPS) is 15.3. The summed E-state index contributed by atoms with van der Waals surface area (Å²) in [5.74, 6) is 0.653. The van der Waals surface area contributed by atoms with Gasteiger partial charge in [-0.05, 0) is 25.2 Å². The highest BCUT2D eigenvalue weighted by molar-refractivity contribution is 7.47. The zero-order chi connectivity index (χ0) is 20.8. The van der Waals surface area contributed by atoms with Gasteiger partial charge in [0.15, 0.2) is 0 Å². The van der Waals surface area contributed by atoms with Crippen LogP contribution < -0.4 is 5.32 Å². The van der Waals surface area contributed by atoms with Gasteiger partial charge in [0.2, 0.25) is 5.91 Å². The molecule has 1 amide bonds. The van der Waals surface area contributed by atoms with Gasteiger partial charge in [0.25, 0.3) is 0 Å². The van der Waals surface area contributed by atoms with Gasteiger partial charge in [0.05, 0.1) is 27.7 Å². The molecule has 2 atom stereocenters. The van der Waals surface area contributed by atoms with Crippen LogP contribution in [-0.2, 0) is 18.4 Å². The summed E-state index contributed by atoms with van der Waals surface area (Å²) in [6, 6.07) is 0. The lowest BCUT2D eigenvalue weighted by atomic mass is 9.99. The first-order chi connectivity index (χ1) is 12.6. The molecule has 8 heteroatoms. The predicted octanol–water partition coefficient (Wildman–Crippen LogP) is 3.72. The largest absolute Gasteiger partial charge is 0.472 e. The van der Waals surface area contributed by atoms with Crippen molar-refractivity contribution in [2.45, 2.75) is 65.2 Å². The van der Waals surface area contributed by atoms with E-state index in [9.17, 15) is 14.3 Å². The molecule has 0 bridgehead atoms. The first-order valence-corrected chi connectivity index (χ1v) is 11.8. The van der Waals surface area contributed by atoms with E-state index in [2.05, 4.69) is 19.2 Å². The predicted molar refractivity (Wildman–Crippen MR) is 109 cm³/mol. The number of phosphoric ester groups is 1. The van der Waals surface area contributed by atoms with E-state index in [1.807, 2.05) is 21.1 Å². The van der Waals surface area contributed by atoms with E-state index in [1.165, 1.54) is 19.3 Å². The van der Waals surface area contributed by atoms with Crippen molar-refractivity contribution in [1.29, 1.82) is 0 Å². The van der Waals surface area contributed by atoms with Crippen LogP contribution in [0.5, 0.6) is 0 Å². The first-order valence-electron chi connectivity index (χ1n) is 10.3. The topological polar surface area (TPSA) is 84.9 Å². The van der Waals surface area contributed by atoms with Crippen molar-refractivity contribution in [2.75, 3.05) is 47.4 Å². The number of quaternary nitrogens is 1. The van der Waals surface area contributed by atoms with E-state index in [1.54, 1.807) is 0 Å². The van der Waals surface area contributed by atoms with Crippen LogP contribution in [0.15, 0.2) is 0 Å². The summed E-state index contributed by atoms with van der Waals surface area (Å²) in [7, 11) is 1.98. The minimum atomic E-state index is -3.97. The van der Waals surface area contributed by atoms with E-state index >= 15 is 0 Å². The number of carbonyl (C=O) groups is 1. The second kappa shape index (κ2) is 14.5. The molecule has 0 aromatic rings. The maximum Gasteiger partial charge on any atom is 0.472 e. The Kier molecular flexibility index (Phi) is 14.3. The minimum Gasteiger partial charge on any atom is -0.356 e. The smallest absolute Gasteiger partial charge is 0.356 e. The molecule has 0 radical (unpaired) electrons. The zero-order valence-electron chi connectivity index (χ0n) is 18.0. The SMILES string of the molecule is CCCCC(CC)CNC(=O)CCCCCOP(=O)(O)OCC[N+](C)(C)C. The third-order valence-corrected chi connectivity index (χ3v) is 5.47. The number of phosphoric acid groups is 1. The number of nitrogens with one attached hydrogen (secondary N) is 1. The Morgan fingerprint density at radius 1 is 1.07 bits per heavy atom. The van der Waals surface area contributed by atoms with E-state index < -0.39 is 7.82 Å². The molecule has 0 aliphatic heterocycles. The van der Waals surface area contributed by atoms with E-state index in [0.717, 1.165) is 25.8 Å². The van der Waals surface area contributed by atoms with E-state index in [-0.39, 0.29) is 19.1 Å². The van der Waals surface area contributed by atoms with Crippen LogP contribution >= 0.6 is 7.82 Å². The lowest BCUT2D eigenvalue weighted by Gasteiger charge is -2.24. The van der Waals surface area contributed by atoms with Crippen molar-refractivity contribution in [2.24, 2.45) is 5.92 Å². The molecule has 0 aliphatic carbocycles. The highest BCUT2D eigenvalue weighted by Gasteiger charge is 2.22. The molecule has 0 fully saturated rings. The number of carbonyl (C=O) groups excluding carboxylic acids is 1. The Morgan fingerprint density at radius 2 is 1.74 bits per heavy atom. The van der Waals surface area contributed by atoms with Gasteiger partial charge in [0, 0.05) is 13.0 Å². The van der Waals surface area contributed by atoms with Gasteiger partial charge < -0.3 is 14.7 Å². The number of nitrogens with zero attached hydrogens (tertiary/aromatic N) is 1. The second-order valence-electron chi connectivity index (χ2n) is 8.18. The van der Waals surface area contributed by atoms with Gasteiger partial charge in [-0.2, -0.15) is 0 Å². The minimum absolute atomic E-state index is 0.0855. The quantitative estimate of drug-likeness (QED) is 0.217.